The number of carbonyl (C=O) groups excluding carboxylic acids is 3. The molecule has 2 aromatic carbocycles. The molecular formula is C32H39N7O5. The molecule has 0 bridgehead atoms. The third kappa shape index (κ3) is 8.77. The van der Waals surface area contributed by atoms with E-state index in [0.29, 0.717) is 5.69 Å². The predicted molar refractivity (Wildman–Crippen MR) is 163 cm³/mol. The summed E-state index contributed by atoms with van der Waals surface area (Å²) in [6.07, 6.45) is 4.14. The molecule has 0 spiro atoms. The smallest absolute Gasteiger partial charge is 0.408 e. The van der Waals surface area contributed by atoms with Gasteiger partial charge in [-0.05, 0) is 38.3 Å². The molecule has 0 aliphatic carbocycles. The number of nitrogens with one attached hydrogen (secondary N) is 3. The van der Waals surface area contributed by atoms with E-state index >= 15 is 0 Å². The lowest BCUT2D eigenvalue weighted by Crippen LogP contribution is -2.61. The van der Waals surface area contributed by atoms with Gasteiger partial charge in [0.15, 0.2) is 0 Å². The van der Waals surface area contributed by atoms with Gasteiger partial charge in [0.25, 0.3) is 0 Å². The standard InChI is InChI=1S/C32H39N7O5/c1-32(2,3)44-31(43)38-24(16-21-10-6-4-7-11-21)30(42)39(26(28(33)41)18-23-19-34-20-37-23)25(17-22-12-8-5-9-13-22)27(40)29-35-14-15-36-29/h4-15,19-20,24-27,40H,16-18H2,1-3H3,(H2,33,41)(H,34,37)(H,35,36)(H,38,43)/t24-,25-,26-,27-/m0/s1. The molecule has 3 amide bonds. The Hall–Kier alpha value is -4.97. The highest BCUT2D eigenvalue weighted by Crippen LogP contribution is 2.27. The minimum atomic E-state index is -1.35. The van der Waals surface area contributed by atoms with Crippen LogP contribution in [-0.4, -0.2) is 71.6 Å². The minimum Gasteiger partial charge on any atom is -0.444 e. The maximum Gasteiger partial charge on any atom is 0.408 e. The number of carbonyl (C=O) groups is 3. The molecule has 0 aliphatic rings. The largest absolute Gasteiger partial charge is 0.444 e. The average molecular weight is 602 g/mol. The van der Waals surface area contributed by atoms with Crippen LogP contribution >= 0.6 is 0 Å². The number of imidazole rings is 2. The second-order valence-electron chi connectivity index (χ2n) is 11.5. The molecular weight excluding hydrogens is 562 g/mol. The van der Waals surface area contributed by atoms with Crippen LogP contribution in [0.15, 0.2) is 85.6 Å². The van der Waals surface area contributed by atoms with Crippen LogP contribution in [0.25, 0.3) is 0 Å². The number of aliphatic hydroxyl groups excluding tert-OH is 1. The van der Waals surface area contributed by atoms with Crippen molar-refractivity contribution in [3.8, 4) is 0 Å². The second-order valence-corrected chi connectivity index (χ2v) is 11.5. The minimum absolute atomic E-state index is 0.0365. The summed E-state index contributed by atoms with van der Waals surface area (Å²) < 4.78 is 5.50. The van der Waals surface area contributed by atoms with Gasteiger partial charge in [0.1, 0.15) is 29.6 Å². The lowest BCUT2D eigenvalue weighted by molar-refractivity contribution is -0.147. The van der Waals surface area contributed by atoms with Gasteiger partial charge in [-0.1, -0.05) is 60.7 Å². The van der Waals surface area contributed by atoms with Crippen LogP contribution in [0, 0.1) is 0 Å². The van der Waals surface area contributed by atoms with Crippen LogP contribution in [0.2, 0.25) is 0 Å². The van der Waals surface area contributed by atoms with E-state index in [2.05, 4.69) is 25.3 Å². The maximum atomic E-state index is 14.8. The number of primary amides is 1. The predicted octanol–water partition coefficient (Wildman–Crippen LogP) is 2.84. The molecule has 0 radical (unpaired) electrons. The fourth-order valence-corrected chi connectivity index (χ4v) is 5.00. The van der Waals surface area contributed by atoms with Crippen molar-refractivity contribution >= 4 is 17.9 Å². The molecule has 12 nitrogen and oxygen atoms in total. The molecule has 0 saturated heterocycles. The van der Waals surface area contributed by atoms with Crippen LogP contribution in [0.5, 0.6) is 0 Å². The van der Waals surface area contributed by atoms with E-state index in [4.69, 9.17) is 10.5 Å². The van der Waals surface area contributed by atoms with E-state index in [0.717, 1.165) is 11.1 Å². The monoisotopic (exact) mass is 601 g/mol. The van der Waals surface area contributed by atoms with Gasteiger partial charge in [0.05, 0.1) is 18.1 Å². The van der Waals surface area contributed by atoms with Gasteiger partial charge in [-0.25, -0.2) is 14.8 Å². The number of nitrogens with two attached hydrogens (primary N) is 1. The lowest BCUT2D eigenvalue weighted by atomic mass is 9.94. The zero-order valence-corrected chi connectivity index (χ0v) is 25.0. The SMILES string of the molecule is CC(C)(C)OC(=O)N[C@@H](Cc1ccccc1)C(=O)N([C@@H](Cc1c[nH]cn1)C(N)=O)[C@@H](Cc1ccccc1)[C@H](O)c1ncc[nH]1. The molecule has 12 heteroatoms. The fourth-order valence-electron chi connectivity index (χ4n) is 5.00. The number of amides is 3. The highest BCUT2D eigenvalue weighted by Gasteiger charge is 2.42. The highest BCUT2D eigenvalue weighted by atomic mass is 16.6. The first kappa shape index (κ1) is 32.0. The van der Waals surface area contributed by atoms with Crippen molar-refractivity contribution < 1.29 is 24.2 Å². The number of hydrogen-bond donors (Lipinski definition) is 5. The first-order valence-electron chi connectivity index (χ1n) is 14.4. The van der Waals surface area contributed by atoms with Gasteiger partial charge in [-0.2, -0.15) is 0 Å². The lowest BCUT2D eigenvalue weighted by Gasteiger charge is -2.40. The van der Waals surface area contributed by atoms with Crippen LogP contribution in [-0.2, 0) is 33.6 Å². The summed E-state index contributed by atoms with van der Waals surface area (Å²) in [5.74, 6) is -1.24. The Morgan fingerprint density at radius 1 is 0.977 bits per heavy atom. The van der Waals surface area contributed by atoms with Crippen LogP contribution in [0.1, 0.15) is 49.5 Å². The molecule has 4 aromatic rings. The summed E-state index contributed by atoms with van der Waals surface area (Å²) in [5.41, 5.74) is 7.20. The van der Waals surface area contributed by atoms with Crippen molar-refractivity contribution in [3.05, 3.63) is 108 Å². The maximum absolute atomic E-state index is 14.8. The topological polar surface area (TPSA) is 179 Å². The number of alkyl carbamates (subject to hydrolysis) is 1. The Kier molecular flexibility index (Phi) is 10.5. The molecule has 0 saturated carbocycles. The van der Waals surface area contributed by atoms with Gasteiger partial charge < -0.3 is 35.8 Å². The highest BCUT2D eigenvalue weighted by molar-refractivity contribution is 5.91. The van der Waals surface area contributed by atoms with E-state index in [1.165, 1.54) is 17.4 Å². The number of H-pyrrole nitrogens is 2. The van der Waals surface area contributed by atoms with Crippen molar-refractivity contribution in [1.29, 1.82) is 0 Å². The van der Waals surface area contributed by atoms with Crippen LogP contribution in [0.4, 0.5) is 4.79 Å². The molecule has 2 aromatic heterocycles. The van der Waals surface area contributed by atoms with Crippen molar-refractivity contribution in [2.24, 2.45) is 5.73 Å². The number of rotatable bonds is 13. The van der Waals surface area contributed by atoms with Crippen molar-refractivity contribution in [3.63, 3.8) is 0 Å². The summed E-state index contributed by atoms with van der Waals surface area (Å²) in [5, 5.41) is 14.5. The van der Waals surface area contributed by atoms with Crippen molar-refractivity contribution in [2.75, 3.05) is 0 Å². The summed E-state index contributed by atoms with van der Waals surface area (Å²) in [7, 11) is 0. The van der Waals surface area contributed by atoms with Gasteiger partial charge in [-0.15, -0.1) is 0 Å². The van der Waals surface area contributed by atoms with E-state index in [1.54, 1.807) is 33.2 Å². The molecule has 0 fully saturated rings. The molecule has 4 rings (SSSR count). The molecule has 4 atom stereocenters. The van der Waals surface area contributed by atoms with E-state index in [-0.39, 0.29) is 25.1 Å². The Morgan fingerprint density at radius 3 is 2.14 bits per heavy atom. The first-order valence-corrected chi connectivity index (χ1v) is 14.4. The Balaban J connectivity index is 1.83. The molecule has 0 aliphatic heterocycles. The fraction of sp³-hybridized carbons (Fsp3) is 0.344. The van der Waals surface area contributed by atoms with Crippen LogP contribution < -0.4 is 11.1 Å². The Bertz CT molecular complexity index is 1470. The number of ether oxygens (including phenoxy) is 1. The summed E-state index contributed by atoms with van der Waals surface area (Å²) in [6, 6.07) is 14.9. The summed E-state index contributed by atoms with van der Waals surface area (Å²) in [6.45, 7) is 5.15. The molecule has 44 heavy (non-hydrogen) atoms. The zero-order valence-electron chi connectivity index (χ0n) is 25.0. The first-order chi connectivity index (χ1) is 21.0. The Labute approximate surface area is 256 Å². The number of aromatic nitrogens is 4. The Morgan fingerprint density at radius 2 is 1.61 bits per heavy atom. The molecule has 6 N–H and O–H groups in total. The van der Waals surface area contributed by atoms with Crippen LogP contribution in [0.3, 0.4) is 0 Å². The normalized spacial score (nSPS) is 14.2. The van der Waals surface area contributed by atoms with Gasteiger partial charge in [0, 0.05) is 31.4 Å². The average Bonchev–Trinajstić information content (AvgIpc) is 3.70. The molecule has 0 unspecified atom stereocenters. The quantitative estimate of drug-likeness (QED) is 0.156. The van der Waals surface area contributed by atoms with Gasteiger partial charge in [0.2, 0.25) is 11.8 Å². The number of aromatic amines is 2. The molecule has 232 valence electrons. The number of benzene rings is 2. The molecule has 2 heterocycles. The summed E-state index contributed by atoms with van der Waals surface area (Å²) >= 11 is 0. The number of nitrogens with zero attached hydrogens (tertiary/aromatic N) is 3. The van der Waals surface area contributed by atoms with Crippen molar-refractivity contribution in [1.82, 2.24) is 30.2 Å². The second kappa shape index (κ2) is 14.5. The zero-order chi connectivity index (χ0) is 31.7. The van der Waals surface area contributed by atoms with E-state index in [1.807, 2.05) is 60.7 Å². The number of hydrogen-bond acceptors (Lipinski definition) is 7. The van der Waals surface area contributed by atoms with Gasteiger partial charge >= 0.3 is 6.09 Å². The van der Waals surface area contributed by atoms with E-state index in [9.17, 15) is 19.5 Å². The third-order valence-corrected chi connectivity index (χ3v) is 6.96. The number of aliphatic hydroxyl groups is 1. The van der Waals surface area contributed by atoms with Gasteiger partial charge in [-0.3, -0.25) is 9.59 Å². The summed E-state index contributed by atoms with van der Waals surface area (Å²) in [4.78, 5) is 56.6. The van der Waals surface area contributed by atoms with Crippen molar-refractivity contribution in [2.45, 2.75) is 69.9 Å². The third-order valence-electron chi connectivity index (χ3n) is 6.96. The van der Waals surface area contributed by atoms with E-state index < -0.39 is 47.7 Å².